The van der Waals surface area contributed by atoms with E-state index in [9.17, 15) is 5.11 Å². The van der Waals surface area contributed by atoms with Crippen molar-refractivity contribution in [3.8, 4) is 0 Å². The van der Waals surface area contributed by atoms with E-state index in [-0.39, 0.29) is 0 Å². The van der Waals surface area contributed by atoms with E-state index < -0.39 is 6.10 Å². The Morgan fingerprint density at radius 3 is 2.83 bits per heavy atom. The van der Waals surface area contributed by atoms with Crippen LogP contribution in [0.3, 0.4) is 0 Å². The number of fused-ring (bicyclic) bond motifs is 1. The first kappa shape index (κ1) is 11.4. The van der Waals surface area contributed by atoms with Crippen molar-refractivity contribution in [1.82, 2.24) is 4.98 Å². The molecular formula is C15H13NOS. The van der Waals surface area contributed by atoms with Crippen molar-refractivity contribution in [3.63, 3.8) is 0 Å². The Bertz CT molecular complexity index is 690. The van der Waals surface area contributed by atoms with Gasteiger partial charge in [-0.2, -0.15) is 0 Å². The fourth-order valence-electron chi connectivity index (χ4n) is 2.03. The van der Waals surface area contributed by atoms with E-state index >= 15 is 0 Å². The van der Waals surface area contributed by atoms with Crippen molar-refractivity contribution < 1.29 is 5.11 Å². The highest BCUT2D eigenvalue weighted by Crippen LogP contribution is 2.29. The molecule has 1 N–H and O–H groups in total. The quantitative estimate of drug-likeness (QED) is 0.757. The summed E-state index contributed by atoms with van der Waals surface area (Å²) in [6.45, 7) is 2.05. The van der Waals surface area contributed by atoms with Gasteiger partial charge in [0, 0.05) is 21.3 Å². The molecular weight excluding hydrogens is 242 g/mol. The maximum atomic E-state index is 10.4. The van der Waals surface area contributed by atoms with Crippen LogP contribution in [-0.4, -0.2) is 10.1 Å². The molecule has 2 nitrogen and oxygen atoms in total. The minimum absolute atomic E-state index is 0.548. The average Bonchev–Trinajstić information content (AvgIpc) is 2.84. The van der Waals surface area contributed by atoms with Crippen LogP contribution in [0.25, 0.3) is 10.9 Å². The van der Waals surface area contributed by atoms with Gasteiger partial charge in [-0.15, -0.1) is 11.3 Å². The molecule has 18 heavy (non-hydrogen) atoms. The van der Waals surface area contributed by atoms with E-state index in [2.05, 4.69) is 4.98 Å². The Morgan fingerprint density at radius 1 is 1.17 bits per heavy atom. The molecule has 0 fully saturated rings. The molecule has 0 saturated heterocycles. The summed E-state index contributed by atoms with van der Waals surface area (Å²) in [6, 6.07) is 13.8. The molecule has 1 aromatic carbocycles. The molecule has 0 bridgehead atoms. The highest BCUT2D eigenvalue weighted by atomic mass is 32.1. The molecule has 3 heteroatoms. The molecule has 0 spiro atoms. The lowest BCUT2D eigenvalue weighted by Gasteiger charge is -2.09. The highest BCUT2D eigenvalue weighted by Gasteiger charge is 2.12. The van der Waals surface area contributed by atoms with Gasteiger partial charge in [0.2, 0.25) is 0 Å². The number of aliphatic hydroxyl groups is 1. The van der Waals surface area contributed by atoms with E-state index in [1.54, 1.807) is 17.5 Å². The number of aryl methyl sites for hydroxylation is 1. The van der Waals surface area contributed by atoms with Crippen molar-refractivity contribution in [2.45, 2.75) is 13.0 Å². The maximum absolute atomic E-state index is 10.4. The third-order valence-corrected chi connectivity index (χ3v) is 4.03. The van der Waals surface area contributed by atoms with Gasteiger partial charge in [0.1, 0.15) is 6.10 Å². The van der Waals surface area contributed by atoms with Gasteiger partial charge < -0.3 is 5.11 Å². The van der Waals surface area contributed by atoms with E-state index in [0.29, 0.717) is 0 Å². The fourth-order valence-corrected chi connectivity index (χ4v) is 2.92. The first-order chi connectivity index (χ1) is 8.74. The molecule has 0 aliphatic carbocycles. The number of aliphatic hydroxyl groups excluding tert-OH is 1. The largest absolute Gasteiger partial charge is 0.383 e. The molecule has 0 aliphatic heterocycles. The summed E-state index contributed by atoms with van der Waals surface area (Å²) >= 11 is 1.63. The number of rotatable bonds is 2. The molecule has 0 saturated carbocycles. The van der Waals surface area contributed by atoms with Crippen molar-refractivity contribution in [2.75, 3.05) is 0 Å². The van der Waals surface area contributed by atoms with Crippen molar-refractivity contribution in [1.29, 1.82) is 0 Å². The van der Waals surface area contributed by atoms with Crippen LogP contribution in [0, 0.1) is 6.92 Å². The number of aromatic nitrogens is 1. The van der Waals surface area contributed by atoms with Gasteiger partial charge in [0.25, 0.3) is 0 Å². The molecule has 3 rings (SSSR count). The predicted octanol–water partition coefficient (Wildman–Crippen LogP) is 3.69. The van der Waals surface area contributed by atoms with Crippen LogP contribution in [-0.2, 0) is 0 Å². The standard InChI is InChI=1S/C15H13NOS/c1-10-4-7-14(18-10)15(17)12-5-6-13-11(9-12)3-2-8-16-13/h2-9,15,17H,1H3. The Balaban J connectivity index is 2.03. The second kappa shape index (κ2) is 4.52. The lowest BCUT2D eigenvalue weighted by atomic mass is 10.1. The average molecular weight is 255 g/mol. The SMILES string of the molecule is Cc1ccc(C(O)c2ccc3ncccc3c2)s1. The predicted molar refractivity (Wildman–Crippen MR) is 74.9 cm³/mol. The molecule has 2 heterocycles. The fraction of sp³-hybridized carbons (Fsp3) is 0.133. The van der Waals surface area contributed by atoms with Crippen LogP contribution in [0.1, 0.15) is 21.4 Å². The van der Waals surface area contributed by atoms with Gasteiger partial charge in [0.15, 0.2) is 0 Å². The van der Waals surface area contributed by atoms with Gasteiger partial charge >= 0.3 is 0 Å². The smallest absolute Gasteiger partial charge is 0.113 e. The molecule has 0 amide bonds. The van der Waals surface area contributed by atoms with Gasteiger partial charge in [-0.1, -0.05) is 12.1 Å². The zero-order valence-electron chi connectivity index (χ0n) is 10.00. The molecule has 1 atom stereocenters. The van der Waals surface area contributed by atoms with E-state index in [0.717, 1.165) is 21.3 Å². The second-order valence-electron chi connectivity index (χ2n) is 4.31. The third-order valence-electron chi connectivity index (χ3n) is 2.97. The number of nitrogens with zero attached hydrogens (tertiary/aromatic N) is 1. The Hall–Kier alpha value is -1.71. The number of pyridine rings is 1. The minimum Gasteiger partial charge on any atom is -0.383 e. The van der Waals surface area contributed by atoms with Gasteiger partial charge in [-0.25, -0.2) is 0 Å². The number of thiophene rings is 1. The lowest BCUT2D eigenvalue weighted by molar-refractivity contribution is 0.224. The van der Waals surface area contributed by atoms with E-state index in [1.165, 1.54) is 4.88 Å². The molecule has 1 unspecified atom stereocenters. The topological polar surface area (TPSA) is 33.1 Å². The van der Waals surface area contributed by atoms with Crippen LogP contribution in [0.2, 0.25) is 0 Å². The molecule has 0 aliphatic rings. The highest BCUT2D eigenvalue weighted by molar-refractivity contribution is 7.12. The van der Waals surface area contributed by atoms with Gasteiger partial charge in [-0.05, 0) is 42.8 Å². The van der Waals surface area contributed by atoms with Gasteiger partial charge in [-0.3, -0.25) is 4.98 Å². The van der Waals surface area contributed by atoms with Crippen LogP contribution in [0.5, 0.6) is 0 Å². The van der Waals surface area contributed by atoms with E-state index in [1.807, 2.05) is 49.4 Å². The van der Waals surface area contributed by atoms with Crippen LogP contribution < -0.4 is 0 Å². The molecule has 3 aromatic rings. The van der Waals surface area contributed by atoms with Crippen molar-refractivity contribution in [3.05, 3.63) is 64.0 Å². The lowest BCUT2D eigenvalue weighted by Crippen LogP contribution is -1.96. The van der Waals surface area contributed by atoms with Crippen LogP contribution in [0.4, 0.5) is 0 Å². The maximum Gasteiger partial charge on any atom is 0.113 e. The Labute approximate surface area is 110 Å². The molecule has 90 valence electrons. The Morgan fingerprint density at radius 2 is 2.06 bits per heavy atom. The van der Waals surface area contributed by atoms with Crippen molar-refractivity contribution in [2.24, 2.45) is 0 Å². The second-order valence-corrected chi connectivity index (χ2v) is 5.63. The summed E-state index contributed by atoms with van der Waals surface area (Å²) in [5.74, 6) is 0. The molecule has 2 aromatic heterocycles. The zero-order chi connectivity index (χ0) is 12.5. The minimum atomic E-state index is -0.548. The first-order valence-electron chi connectivity index (χ1n) is 5.83. The first-order valence-corrected chi connectivity index (χ1v) is 6.65. The van der Waals surface area contributed by atoms with Crippen LogP contribution in [0.15, 0.2) is 48.7 Å². The monoisotopic (exact) mass is 255 g/mol. The number of hydrogen-bond acceptors (Lipinski definition) is 3. The van der Waals surface area contributed by atoms with Crippen LogP contribution >= 0.6 is 11.3 Å². The summed E-state index contributed by atoms with van der Waals surface area (Å²) in [4.78, 5) is 6.48. The summed E-state index contributed by atoms with van der Waals surface area (Å²) in [6.07, 6.45) is 1.23. The third kappa shape index (κ3) is 2.03. The summed E-state index contributed by atoms with van der Waals surface area (Å²) in [5, 5.41) is 11.4. The number of benzene rings is 1. The number of hydrogen-bond donors (Lipinski definition) is 1. The van der Waals surface area contributed by atoms with E-state index in [4.69, 9.17) is 0 Å². The summed E-state index contributed by atoms with van der Waals surface area (Å²) < 4.78 is 0. The zero-order valence-corrected chi connectivity index (χ0v) is 10.8. The van der Waals surface area contributed by atoms with Crippen molar-refractivity contribution >= 4 is 22.2 Å². The van der Waals surface area contributed by atoms with Gasteiger partial charge in [0.05, 0.1) is 5.52 Å². The normalized spacial score (nSPS) is 12.8. The Kier molecular flexibility index (Phi) is 2.86. The summed E-state index contributed by atoms with van der Waals surface area (Å²) in [5.41, 5.74) is 1.87. The summed E-state index contributed by atoms with van der Waals surface area (Å²) in [7, 11) is 0. The molecule has 0 radical (unpaired) electrons.